The molecule has 2 aromatic rings. The Morgan fingerprint density at radius 2 is 1.70 bits per heavy atom. The normalized spacial score (nSPS) is 19.0. The van der Waals surface area contributed by atoms with Crippen molar-refractivity contribution in [2.75, 3.05) is 6.54 Å². The molecule has 0 spiro atoms. The monoisotopic (exact) mass is 423 g/mol. The van der Waals surface area contributed by atoms with E-state index in [2.05, 4.69) is 0 Å². The fraction of sp³-hybridized carbons (Fsp3) is 0.200. The molecule has 0 saturated carbocycles. The molecule has 4 nitrogen and oxygen atoms in total. The Bertz CT molecular complexity index is 938. The van der Waals surface area contributed by atoms with Crippen LogP contribution in [0.3, 0.4) is 0 Å². The molecule has 1 amide bonds. The van der Waals surface area contributed by atoms with Gasteiger partial charge in [-0.2, -0.15) is 0 Å². The lowest BCUT2D eigenvalue weighted by Gasteiger charge is -2.25. The summed E-state index contributed by atoms with van der Waals surface area (Å²) < 4.78 is 0. The van der Waals surface area contributed by atoms with Crippen LogP contribution in [0.4, 0.5) is 0 Å². The van der Waals surface area contributed by atoms with E-state index >= 15 is 0 Å². The van der Waals surface area contributed by atoms with Gasteiger partial charge in [-0.1, -0.05) is 47.8 Å². The van der Waals surface area contributed by atoms with Crippen LogP contribution in [0, 0.1) is 0 Å². The topological polar surface area (TPSA) is 57.6 Å². The van der Waals surface area contributed by atoms with Crippen LogP contribution in [0.1, 0.15) is 30.5 Å². The number of Topliss-reactive ketones (excluding diaryl/α,β-unsaturated/α-hetero) is 1. The van der Waals surface area contributed by atoms with E-state index in [4.69, 9.17) is 34.8 Å². The number of likely N-dealkylation sites (tertiary alicyclic amines) is 1. The molecule has 140 valence electrons. The minimum Gasteiger partial charge on any atom is -0.507 e. The van der Waals surface area contributed by atoms with Gasteiger partial charge in [-0.05, 0) is 48.4 Å². The third kappa shape index (κ3) is 3.70. The number of halogens is 3. The van der Waals surface area contributed by atoms with Gasteiger partial charge >= 0.3 is 0 Å². The number of ketones is 1. The predicted octanol–water partition coefficient (Wildman–Crippen LogP) is 5.48. The molecule has 7 heteroatoms. The maximum atomic E-state index is 12.7. The maximum absolute atomic E-state index is 12.7. The number of benzene rings is 2. The number of nitrogens with zero attached hydrogens (tertiary/aromatic N) is 1. The number of aliphatic hydroxyl groups excluding tert-OH is 1. The van der Waals surface area contributed by atoms with E-state index in [9.17, 15) is 14.7 Å². The largest absolute Gasteiger partial charge is 0.507 e. The second-order valence-electron chi connectivity index (χ2n) is 6.17. The van der Waals surface area contributed by atoms with Crippen molar-refractivity contribution in [2.24, 2.45) is 0 Å². The fourth-order valence-electron chi connectivity index (χ4n) is 3.14. The molecule has 1 N–H and O–H groups in total. The second kappa shape index (κ2) is 7.93. The van der Waals surface area contributed by atoms with E-state index in [0.717, 1.165) is 0 Å². The summed E-state index contributed by atoms with van der Waals surface area (Å²) in [6.07, 6.45) is 0.659. The molecule has 1 aliphatic rings. The van der Waals surface area contributed by atoms with Gasteiger partial charge in [0, 0.05) is 17.1 Å². The molecule has 1 unspecified atom stereocenters. The Hall–Kier alpha value is -2.01. The maximum Gasteiger partial charge on any atom is 0.295 e. The van der Waals surface area contributed by atoms with Crippen LogP contribution in [-0.2, 0) is 9.59 Å². The average Bonchev–Trinajstić information content (AvgIpc) is 2.89. The van der Waals surface area contributed by atoms with Crippen molar-refractivity contribution in [3.63, 3.8) is 0 Å². The van der Waals surface area contributed by atoms with Gasteiger partial charge in [0.1, 0.15) is 5.76 Å². The van der Waals surface area contributed by atoms with Crippen molar-refractivity contribution in [2.45, 2.75) is 19.4 Å². The SMILES string of the molecule is CCCN1C(=O)C(=O)/C(=C(\O)c2ccc(Cl)cc2)C1c1ccc(Cl)c(Cl)c1. The van der Waals surface area contributed by atoms with E-state index in [-0.39, 0.29) is 11.3 Å². The number of rotatable bonds is 4. The fourth-order valence-corrected chi connectivity index (χ4v) is 3.58. The van der Waals surface area contributed by atoms with Crippen LogP contribution in [0.25, 0.3) is 5.76 Å². The summed E-state index contributed by atoms with van der Waals surface area (Å²) in [4.78, 5) is 26.7. The molecular weight excluding hydrogens is 409 g/mol. The molecule has 0 radical (unpaired) electrons. The first-order valence-electron chi connectivity index (χ1n) is 8.34. The lowest BCUT2D eigenvalue weighted by Crippen LogP contribution is -2.30. The molecule has 2 aromatic carbocycles. The Morgan fingerprint density at radius 3 is 2.30 bits per heavy atom. The molecule has 0 aromatic heterocycles. The van der Waals surface area contributed by atoms with Gasteiger partial charge in [0.2, 0.25) is 0 Å². The standard InChI is InChI=1S/C20H16Cl3NO3/c1-2-9-24-17(12-5-8-14(22)15(23)10-12)16(19(26)20(24)27)18(25)11-3-6-13(21)7-4-11/h3-8,10,17,25H,2,9H2,1H3/b18-16-. The Labute approximate surface area is 171 Å². The van der Waals surface area contributed by atoms with Crippen molar-refractivity contribution in [1.82, 2.24) is 4.90 Å². The van der Waals surface area contributed by atoms with Gasteiger partial charge in [0.25, 0.3) is 11.7 Å². The van der Waals surface area contributed by atoms with Crippen LogP contribution < -0.4 is 0 Å². The van der Waals surface area contributed by atoms with Crippen LogP contribution in [0.15, 0.2) is 48.0 Å². The number of aliphatic hydroxyl groups is 1. The third-order valence-electron chi connectivity index (χ3n) is 4.38. The van der Waals surface area contributed by atoms with Crippen LogP contribution in [-0.4, -0.2) is 28.2 Å². The number of hydrogen-bond acceptors (Lipinski definition) is 3. The van der Waals surface area contributed by atoms with Gasteiger partial charge in [-0.25, -0.2) is 0 Å². The van der Waals surface area contributed by atoms with Crippen molar-refractivity contribution >= 4 is 52.3 Å². The van der Waals surface area contributed by atoms with Crippen LogP contribution >= 0.6 is 34.8 Å². The number of carbonyl (C=O) groups is 2. The van der Waals surface area contributed by atoms with E-state index in [1.807, 2.05) is 6.92 Å². The van der Waals surface area contributed by atoms with E-state index in [1.54, 1.807) is 42.5 Å². The summed E-state index contributed by atoms with van der Waals surface area (Å²) >= 11 is 18.0. The molecule has 27 heavy (non-hydrogen) atoms. The molecule has 3 rings (SSSR count). The molecule has 1 heterocycles. The van der Waals surface area contributed by atoms with Crippen molar-refractivity contribution < 1.29 is 14.7 Å². The summed E-state index contributed by atoms with van der Waals surface area (Å²) in [5, 5.41) is 12.0. The highest BCUT2D eigenvalue weighted by molar-refractivity contribution is 6.47. The summed E-state index contributed by atoms with van der Waals surface area (Å²) in [5.74, 6) is -1.63. The quantitative estimate of drug-likeness (QED) is 0.402. The molecule has 0 bridgehead atoms. The van der Waals surface area contributed by atoms with Crippen molar-refractivity contribution in [3.8, 4) is 0 Å². The zero-order valence-electron chi connectivity index (χ0n) is 14.4. The summed E-state index contributed by atoms with van der Waals surface area (Å²) in [5.41, 5.74) is 1.03. The smallest absolute Gasteiger partial charge is 0.295 e. The summed E-state index contributed by atoms with van der Waals surface area (Å²) in [7, 11) is 0. The lowest BCUT2D eigenvalue weighted by atomic mass is 9.95. The molecule has 1 saturated heterocycles. The molecule has 1 aliphatic heterocycles. The predicted molar refractivity (Wildman–Crippen MR) is 107 cm³/mol. The number of hydrogen-bond donors (Lipinski definition) is 1. The second-order valence-corrected chi connectivity index (χ2v) is 7.42. The molecule has 1 fully saturated rings. The minimum atomic E-state index is -0.740. The van der Waals surface area contributed by atoms with Gasteiger partial charge in [0.15, 0.2) is 0 Å². The minimum absolute atomic E-state index is 0.0224. The zero-order chi connectivity index (χ0) is 19.7. The third-order valence-corrected chi connectivity index (χ3v) is 5.37. The van der Waals surface area contributed by atoms with E-state index in [0.29, 0.717) is 39.2 Å². The zero-order valence-corrected chi connectivity index (χ0v) is 16.6. The Kier molecular flexibility index (Phi) is 5.80. The average molecular weight is 425 g/mol. The summed E-state index contributed by atoms with van der Waals surface area (Å²) in [6, 6.07) is 10.6. The summed E-state index contributed by atoms with van der Waals surface area (Å²) in [6.45, 7) is 2.28. The number of carbonyl (C=O) groups excluding carboxylic acids is 2. The lowest BCUT2D eigenvalue weighted by molar-refractivity contribution is -0.139. The first-order valence-corrected chi connectivity index (χ1v) is 9.47. The van der Waals surface area contributed by atoms with E-state index < -0.39 is 17.7 Å². The van der Waals surface area contributed by atoms with Crippen molar-refractivity contribution in [1.29, 1.82) is 0 Å². The highest BCUT2D eigenvalue weighted by atomic mass is 35.5. The van der Waals surface area contributed by atoms with Gasteiger partial charge in [-0.15, -0.1) is 0 Å². The van der Waals surface area contributed by atoms with E-state index in [1.165, 1.54) is 4.90 Å². The molecule has 1 atom stereocenters. The Balaban J connectivity index is 2.20. The Morgan fingerprint density at radius 1 is 1.04 bits per heavy atom. The molecular formula is C20H16Cl3NO3. The van der Waals surface area contributed by atoms with Gasteiger partial charge < -0.3 is 10.0 Å². The van der Waals surface area contributed by atoms with Gasteiger partial charge in [0.05, 0.1) is 21.7 Å². The van der Waals surface area contributed by atoms with Gasteiger partial charge in [-0.3, -0.25) is 9.59 Å². The highest BCUT2D eigenvalue weighted by Crippen LogP contribution is 2.41. The first kappa shape index (κ1) is 19.7. The first-order chi connectivity index (χ1) is 12.8. The number of amides is 1. The molecule has 0 aliphatic carbocycles. The van der Waals surface area contributed by atoms with Crippen LogP contribution in [0.5, 0.6) is 0 Å². The highest BCUT2D eigenvalue weighted by Gasteiger charge is 2.45. The van der Waals surface area contributed by atoms with Crippen molar-refractivity contribution in [3.05, 3.63) is 74.2 Å². The van der Waals surface area contributed by atoms with Crippen LogP contribution in [0.2, 0.25) is 15.1 Å².